The van der Waals surface area contributed by atoms with Gasteiger partial charge in [-0.2, -0.15) is 9.97 Å². The van der Waals surface area contributed by atoms with Crippen molar-refractivity contribution in [3.63, 3.8) is 0 Å². The fourth-order valence-electron chi connectivity index (χ4n) is 1.24. The molecule has 1 heterocycles. The summed E-state index contributed by atoms with van der Waals surface area (Å²) in [6, 6.07) is 8.09. The van der Waals surface area contributed by atoms with Gasteiger partial charge in [0.25, 0.3) is 5.95 Å². The lowest BCUT2D eigenvalue weighted by atomic mass is 10.2. The van der Waals surface area contributed by atoms with Gasteiger partial charge in [0.05, 0.1) is 7.11 Å². The van der Waals surface area contributed by atoms with Gasteiger partial charge in [-0.05, 0) is 29.8 Å². The molecule has 1 aromatic carbocycles. The Morgan fingerprint density at radius 3 is 2.67 bits per heavy atom. The molecule has 18 heavy (non-hydrogen) atoms. The van der Waals surface area contributed by atoms with Gasteiger partial charge in [0.15, 0.2) is 0 Å². The fourth-order valence-corrected chi connectivity index (χ4v) is 1.41. The zero-order valence-electron chi connectivity index (χ0n) is 9.54. The highest BCUT2D eigenvalue weighted by atomic mass is 35.5. The fraction of sp³-hybridized carbons (Fsp3) is 0.0833. The van der Waals surface area contributed by atoms with Crippen LogP contribution < -0.4 is 4.74 Å². The molecule has 0 aliphatic carbocycles. The zero-order valence-corrected chi connectivity index (χ0v) is 10.3. The number of halogens is 1. The van der Waals surface area contributed by atoms with Crippen molar-refractivity contribution in [1.29, 1.82) is 0 Å². The second-order valence-electron chi connectivity index (χ2n) is 3.38. The third kappa shape index (κ3) is 3.18. The summed E-state index contributed by atoms with van der Waals surface area (Å²) in [5.41, 5.74) is 0.815. The van der Waals surface area contributed by atoms with E-state index in [4.69, 9.17) is 21.4 Å². The molecule has 0 fully saturated rings. The van der Waals surface area contributed by atoms with Crippen LogP contribution in [0.2, 0.25) is 5.15 Å². The minimum absolute atomic E-state index is 0.202. The number of hydrogen-bond donors (Lipinski definition) is 1. The Morgan fingerprint density at radius 1 is 1.28 bits per heavy atom. The molecule has 2 rings (SSSR count). The molecular formula is C12H10ClN3O2. The van der Waals surface area contributed by atoms with Crippen LogP contribution in [0.25, 0.3) is 0 Å². The molecule has 0 radical (unpaired) electrons. The van der Waals surface area contributed by atoms with Crippen LogP contribution in [0.1, 0.15) is 5.56 Å². The number of benzene rings is 1. The van der Waals surface area contributed by atoms with Crippen molar-refractivity contribution in [1.82, 2.24) is 9.97 Å². The number of nitrogens with zero attached hydrogens (tertiary/aromatic N) is 3. The molecule has 0 spiro atoms. The summed E-state index contributed by atoms with van der Waals surface area (Å²) in [6.07, 6.45) is 1.57. The number of aromatic hydroxyl groups is 1. The number of phenolic OH excluding ortho intramolecular Hbond substituents is 1. The van der Waals surface area contributed by atoms with Crippen molar-refractivity contribution >= 4 is 23.8 Å². The topological polar surface area (TPSA) is 67.6 Å². The first-order chi connectivity index (χ1) is 8.67. The quantitative estimate of drug-likeness (QED) is 0.683. The number of methoxy groups -OCH3 is 1. The monoisotopic (exact) mass is 263 g/mol. The molecule has 0 unspecified atom stereocenters. The predicted octanol–water partition coefficient (Wildman–Crippen LogP) is 2.59. The molecule has 92 valence electrons. The van der Waals surface area contributed by atoms with Gasteiger partial charge >= 0.3 is 0 Å². The number of phenols is 1. The van der Waals surface area contributed by atoms with Crippen LogP contribution >= 0.6 is 11.6 Å². The van der Waals surface area contributed by atoms with E-state index >= 15 is 0 Å². The van der Waals surface area contributed by atoms with Crippen molar-refractivity contribution < 1.29 is 9.84 Å². The molecule has 1 N–H and O–H groups in total. The van der Waals surface area contributed by atoms with Crippen LogP contribution in [0.5, 0.6) is 11.6 Å². The highest BCUT2D eigenvalue weighted by Crippen LogP contribution is 2.17. The van der Waals surface area contributed by atoms with Crippen molar-refractivity contribution in [2.45, 2.75) is 0 Å². The molecule has 0 atom stereocenters. The Morgan fingerprint density at radius 2 is 2.00 bits per heavy atom. The van der Waals surface area contributed by atoms with Gasteiger partial charge in [0.1, 0.15) is 10.9 Å². The molecule has 6 heteroatoms. The van der Waals surface area contributed by atoms with Crippen molar-refractivity contribution in [2.24, 2.45) is 4.99 Å². The highest BCUT2D eigenvalue weighted by molar-refractivity contribution is 6.29. The number of rotatable bonds is 3. The molecule has 1 aromatic heterocycles. The van der Waals surface area contributed by atoms with E-state index in [9.17, 15) is 0 Å². The molecule has 0 saturated carbocycles. The lowest BCUT2D eigenvalue weighted by Crippen LogP contribution is -1.90. The molecule has 5 nitrogen and oxygen atoms in total. The number of hydrogen-bond acceptors (Lipinski definition) is 5. The lowest BCUT2D eigenvalue weighted by Gasteiger charge is -1.99. The van der Waals surface area contributed by atoms with Crippen LogP contribution in [-0.4, -0.2) is 28.4 Å². The zero-order chi connectivity index (χ0) is 13.0. The summed E-state index contributed by atoms with van der Waals surface area (Å²) in [6.45, 7) is 0. The van der Waals surface area contributed by atoms with Crippen LogP contribution in [0, 0.1) is 0 Å². The Labute approximate surface area is 109 Å². The van der Waals surface area contributed by atoms with Crippen LogP contribution in [0.15, 0.2) is 35.3 Å². The second-order valence-corrected chi connectivity index (χ2v) is 3.77. The maximum atomic E-state index is 9.14. The van der Waals surface area contributed by atoms with Gasteiger partial charge in [0.2, 0.25) is 5.88 Å². The predicted molar refractivity (Wildman–Crippen MR) is 69.0 cm³/mol. The first kappa shape index (κ1) is 12.3. The van der Waals surface area contributed by atoms with Crippen molar-refractivity contribution in [3.05, 3.63) is 41.0 Å². The largest absolute Gasteiger partial charge is 0.508 e. The maximum Gasteiger partial charge on any atom is 0.254 e. The summed E-state index contributed by atoms with van der Waals surface area (Å²) in [5.74, 6) is 0.771. The van der Waals surface area contributed by atoms with Gasteiger partial charge in [-0.1, -0.05) is 11.6 Å². The standard InChI is InChI=1S/C12H10ClN3O2/c1-18-11-6-10(13)15-12(16-11)14-7-8-2-4-9(17)5-3-8/h2-7,17H,1H3. The lowest BCUT2D eigenvalue weighted by molar-refractivity contribution is 0.397. The van der Waals surface area contributed by atoms with Crippen LogP contribution in [-0.2, 0) is 0 Å². The Kier molecular flexibility index (Phi) is 3.74. The van der Waals surface area contributed by atoms with E-state index in [1.54, 1.807) is 30.5 Å². The Hall–Kier alpha value is -2.14. The van der Waals surface area contributed by atoms with Crippen LogP contribution in [0.4, 0.5) is 5.95 Å². The van der Waals surface area contributed by atoms with E-state index in [2.05, 4.69) is 15.0 Å². The first-order valence-electron chi connectivity index (χ1n) is 5.09. The normalized spacial score (nSPS) is 10.8. The molecule has 0 bridgehead atoms. The van der Waals surface area contributed by atoms with E-state index in [1.165, 1.54) is 13.2 Å². The Balaban J connectivity index is 2.22. The average molecular weight is 264 g/mol. The summed E-state index contributed by atoms with van der Waals surface area (Å²) < 4.78 is 4.96. The smallest absolute Gasteiger partial charge is 0.254 e. The van der Waals surface area contributed by atoms with E-state index in [0.717, 1.165) is 5.56 Å². The van der Waals surface area contributed by atoms with E-state index < -0.39 is 0 Å². The minimum atomic E-state index is 0.202. The summed E-state index contributed by atoms with van der Waals surface area (Å²) in [4.78, 5) is 12.0. The SMILES string of the molecule is COc1cc(Cl)nc(N=Cc2ccc(O)cc2)n1. The maximum absolute atomic E-state index is 9.14. The second kappa shape index (κ2) is 5.46. The van der Waals surface area contributed by atoms with E-state index in [1.807, 2.05) is 0 Å². The average Bonchev–Trinajstić information content (AvgIpc) is 2.37. The summed E-state index contributed by atoms with van der Waals surface area (Å²) >= 11 is 5.79. The van der Waals surface area contributed by atoms with Crippen molar-refractivity contribution in [2.75, 3.05) is 7.11 Å². The highest BCUT2D eigenvalue weighted by Gasteiger charge is 2.01. The number of aromatic nitrogens is 2. The Bertz CT molecular complexity index is 570. The third-order valence-corrected chi connectivity index (χ3v) is 2.28. The summed E-state index contributed by atoms with van der Waals surface area (Å²) in [7, 11) is 1.49. The summed E-state index contributed by atoms with van der Waals surface area (Å²) in [5, 5.41) is 9.41. The minimum Gasteiger partial charge on any atom is -0.508 e. The number of aliphatic imine (C=N–C) groups is 1. The number of ether oxygens (including phenoxy) is 1. The van der Waals surface area contributed by atoms with Gasteiger partial charge < -0.3 is 9.84 Å². The first-order valence-corrected chi connectivity index (χ1v) is 5.47. The van der Waals surface area contributed by atoms with E-state index in [-0.39, 0.29) is 16.9 Å². The molecule has 0 aliphatic rings. The molecular weight excluding hydrogens is 254 g/mol. The van der Waals surface area contributed by atoms with Gasteiger partial charge in [-0.3, -0.25) is 0 Å². The molecule has 0 aliphatic heterocycles. The van der Waals surface area contributed by atoms with Crippen molar-refractivity contribution in [3.8, 4) is 11.6 Å². The van der Waals surface area contributed by atoms with Gasteiger partial charge in [0, 0.05) is 12.3 Å². The third-order valence-electron chi connectivity index (χ3n) is 2.09. The molecule has 0 saturated heterocycles. The van der Waals surface area contributed by atoms with Gasteiger partial charge in [-0.25, -0.2) is 4.99 Å². The molecule has 2 aromatic rings. The van der Waals surface area contributed by atoms with E-state index in [0.29, 0.717) is 5.88 Å². The van der Waals surface area contributed by atoms with Crippen LogP contribution in [0.3, 0.4) is 0 Å². The molecule has 0 amide bonds. The van der Waals surface area contributed by atoms with Gasteiger partial charge in [-0.15, -0.1) is 0 Å².